The topological polar surface area (TPSA) is 107 Å². The lowest BCUT2D eigenvalue weighted by molar-refractivity contribution is -0.139. The van der Waals surface area contributed by atoms with Crippen molar-refractivity contribution in [1.29, 1.82) is 0 Å². The largest absolute Gasteiger partial charge is 0.480 e. The number of aliphatic carboxylic acids is 1. The molecule has 0 radical (unpaired) electrons. The number of carboxylic acid groups (broad SMARTS) is 1. The van der Waals surface area contributed by atoms with E-state index in [-0.39, 0.29) is 6.42 Å². The molecular formula is C11H17N3O4S. The van der Waals surface area contributed by atoms with E-state index in [0.29, 0.717) is 10.5 Å². The number of aromatic amines is 2. The molecule has 1 amide bonds. The highest BCUT2D eigenvalue weighted by Crippen LogP contribution is 2.07. The number of carbonyl (C=O) groups excluding carboxylic acids is 1. The minimum Gasteiger partial charge on any atom is -0.480 e. The third-order valence-electron chi connectivity index (χ3n) is 2.06. The highest BCUT2D eigenvalue weighted by molar-refractivity contribution is 7.71. The van der Waals surface area contributed by atoms with Crippen LogP contribution >= 0.6 is 12.2 Å². The molecule has 0 saturated heterocycles. The molecule has 0 fully saturated rings. The molecule has 1 heterocycles. The number of carbonyl (C=O) groups is 2. The Morgan fingerprint density at radius 2 is 2.16 bits per heavy atom. The molecule has 0 aliphatic heterocycles. The highest BCUT2D eigenvalue weighted by atomic mass is 32.1. The lowest BCUT2D eigenvalue weighted by Crippen LogP contribution is -2.44. The Labute approximate surface area is 115 Å². The van der Waals surface area contributed by atoms with Crippen molar-refractivity contribution in [2.24, 2.45) is 0 Å². The SMILES string of the molecule is CC(C)(C)OC(=O)NC(Cc1c[nH]c(=S)[nH]1)C(=O)O. The van der Waals surface area contributed by atoms with Crippen LogP contribution in [0.25, 0.3) is 0 Å². The molecule has 0 spiro atoms. The summed E-state index contributed by atoms with van der Waals surface area (Å²) in [4.78, 5) is 28.1. The molecule has 1 aromatic heterocycles. The van der Waals surface area contributed by atoms with Crippen molar-refractivity contribution in [3.63, 3.8) is 0 Å². The summed E-state index contributed by atoms with van der Waals surface area (Å²) in [6, 6.07) is -1.09. The van der Waals surface area contributed by atoms with Crippen LogP contribution in [-0.4, -0.2) is 38.8 Å². The maximum Gasteiger partial charge on any atom is 0.408 e. The number of imidazole rings is 1. The van der Waals surface area contributed by atoms with E-state index in [2.05, 4.69) is 15.3 Å². The molecule has 1 rings (SSSR count). The van der Waals surface area contributed by atoms with E-state index < -0.39 is 23.7 Å². The van der Waals surface area contributed by atoms with Crippen molar-refractivity contribution in [2.75, 3.05) is 0 Å². The molecule has 4 N–H and O–H groups in total. The second-order valence-electron chi connectivity index (χ2n) is 5.01. The number of hydrogen-bond acceptors (Lipinski definition) is 4. The number of amides is 1. The van der Waals surface area contributed by atoms with Gasteiger partial charge in [0.25, 0.3) is 0 Å². The first-order valence-corrected chi connectivity index (χ1v) is 6.07. The summed E-state index contributed by atoms with van der Waals surface area (Å²) in [7, 11) is 0. The smallest absolute Gasteiger partial charge is 0.408 e. The van der Waals surface area contributed by atoms with Gasteiger partial charge in [-0.1, -0.05) is 0 Å². The number of rotatable bonds is 4. The first-order valence-electron chi connectivity index (χ1n) is 5.66. The lowest BCUT2D eigenvalue weighted by Gasteiger charge is -2.21. The van der Waals surface area contributed by atoms with E-state index in [1.165, 1.54) is 0 Å². The number of aromatic nitrogens is 2. The van der Waals surface area contributed by atoms with Gasteiger partial charge in [-0.05, 0) is 33.0 Å². The van der Waals surface area contributed by atoms with Gasteiger partial charge in [-0.15, -0.1) is 0 Å². The second kappa shape index (κ2) is 5.87. The number of nitrogens with one attached hydrogen (secondary N) is 3. The predicted octanol–water partition coefficient (Wildman–Crippen LogP) is 1.59. The normalized spacial score (nSPS) is 12.8. The molecule has 1 unspecified atom stereocenters. The van der Waals surface area contributed by atoms with Gasteiger partial charge in [0.1, 0.15) is 11.6 Å². The molecule has 8 heteroatoms. The minimum absolute atomic E-state index is 0.0850. The van der Waals surface area contributed by atoms with Crippen molar-refractivity contribution in [1.82, 2.24) is 15.3 Å². The Kier molecular flexibility index (Phi) is 4.71. The summed E-state index contributed by atoms with van der Waals surface area (Å²) >= 11 is 4.84. The average molecular weight is 287 g/mol. The summed E-state index contributed by atoms with van der Waals surface area (Å²) in [5, 5.41) is 11.4. The molecule has 0 aliphatic carbocycles. The summed E-state index contributed by atoms with van der Waals surface area (Å²) in [6.07, 6.45) is 0.880. The van der Waals surface area contributed by atoms with E-state index in [1.54, 1.807) is 27.0 Å². The van der Waals surface area contributed by atoms with Gasteiger partial charge in [-0.3, -0.25) is 0 Å². The first-order chi connectivity index (χ1) is 8.67. The quantitative estimate of drug-likeness (QED) is 0.629. The zero-order chi connectivity index (χ0) is 14.6. The van der Waals surface area contributed by atoms with Gasteiger partial charge in [0.15, 0.2) is 4.77 Å². The Morgan fingerprint density at radius 1 is 1.53 bits per heavy atom. The summed E-state index contributed by atoms with van der Waals surface area (Å²) < 4.78 is 5.41. The molecule has 7 nitrogen and oxygen atoms in total. The summed E-state index contributed by atoms with van der Waals surface area (Å²) in [5.74, 6) is -1.15. The van der Waals surface area contributed by atoms with Crippen LogP contribution in [-0.2, 0) is 16.0 Å². The van der Waals surface area contributed by atoms with E-state index in [4.69, 9.17) is 22.1 Å². The van der Waals surface area contributed by atoms with Gasteiger partial charge in [-0.25, -0.2) is 9.59 Å². The number of alkyl carbamates (subject to hydrolysis) is 1. The fraction of sp³-hybridized carbons (Fsp3) is 0.545. The van der Waals surface area contributed by atoms with Crippen molar-refractivity contribution in [3.8, 4) is 0 Å². The second-order valence-corrected chi connectivity index (χ2v) is 5.42. The Bertz CT molecular complexity index is 515. The molecule has 1 aromatic rings. The zero-order valence-corrected chi connectivity index (χ0v) is 11.8. The van der Waals surface area contributed by atoms with Crippen molar-refractivity contribution < 1.29 is 19.4 Å². The minimum atomic E-state index is -1.15. The molecule has 0 aromatic carbocycles. The number of ether oxygens (including phenoxy) is 1. The van der Waals surface area contributed by atoms with Crippen LogP contribution in [0.4, 0.5) is 4.79 Å². The third kappa shape index (κ3) is 5.56. The van der Waals surface area contributed by atoms with Crippen LogP contribution in [0.5, 0.6) is 0 Å². The molecular weight excluding hydrogens is 270 g/mol. The molecule has 19 heavy (non-hydrogen) atoms. The number of hydrogen-bond donors (Lipinski definition) is 4. The lowest BCUT2D eigenvalue weighted by atomic mass is 10.1. The Balaban J connectivity index is 2.66. The van der Waals surface area contributed by atoms with Crippen LogP contribution in [0, 0.1) is 4.77 Å². The van der Waals surface area contributed by atoms with Crippen molar-refractivity contribution in [3.05, 3.63) is 16.7 Å². The molecule has 106 valence electrons. The maximum absolute atomic E-state index is 11.5. The monoisotopic (exact) mass is 287 g/mol. The molecule has 1 atom stereocenters. The van der Waals surface area contributed by atoms with Gasteiger partial charge in [-0.2, -0.15) is 0 Å². The van der Waals surface area contributed by atoms with Crippen LogP contribution < -0.4 is 5.32 Å². The Morgan fingerprint density at radius 3 is 2.58 bits per heavy atom. The van der Waals surface area contributed by atoms with E-state index in [9.17, 15) is 9.59 Å². The van der Waals surface area contributed by atoms with Crippen molar-refractivity contribution in [2.45, 2.75) is 38.8 Å². The van der Waals surface area contributed by atoms with Gasteiger partial charge >= 0.3 is 12.1 Å². The molecule has 0 bridgehead atoms. The first kappa shape index (κ1) is 15.2. The fourth-order valence-electron chi connectivity index (χ4n) is 1.35. The van der Waals surface area contributed by atoms with E-state index in [1.807, 2.05) is 0 Å². The highest BCUT2D eigenvalue weighted by Gasteiger charge is 2.24. The number of H-pyrrole nitrogens is 2. The maximum atomic E-state index is 11.5. The van der Waals surface area contributed by atoms with E-state index in [0.717, 1.165) is 0 Å². The molecule has 0 aliphatic rings. The van der Waals surface area contributed by atoms with Crippen molar-refractivity contribution >= 4 is 24.3 Å². The third-order valence-corrected chi connectivity index (χ3v) is 2.28. The van der Waals surface area contributed by atoms with Crippen LogP contribution in [0.1, 0.15) is 26.5 Å². The Hall–Kier alpha value is -1.83. The average Bonchev–Trinajstić information content (AvgIpc) is 2.60. The molecule has 0 saturated carbocycles. The summed E-state index contributed by atoms with van der Waals surface area (Å²) in [6.45, 7) is 5.10. The van der Waals surface area contributed by atoms with Gasteiger partial charge in [0.05, 0.1) is 0 Å². The van der Waals surface area contributed by atoms with Gasteiger partial charge in [0.2, 0.25) is 0 Å². The predicted molar refractivity (Wildman–Crippen MR) is 70.5 cm³/mol. The van der Waals surface area contributed by atoms with Gasteiger partial charge in [0, 0.05) is 18.3 Å². The standard InChI is InChI=1S/C11H17N3O4S/c1-11(2,3)18-10(17)14-7(8(15)16)4-6-5-12-9(19)13-6/h5,7H,4H2,1-3H3,(H,14,17)(H,15,16)(H2,12,13,19). The summed E-state index contributed by atoms with van der Waals surface area (Å²) in [5.41, 5.74) is -0.0883. The van der Waals surface area contributed by atoms with Crippen LogP contribution in [0.15, 0.2) is 6.20 Å². The number of carboxylic acids is 1. The van der Waals surface area contributed by atoms with Crippen LogP contribution in [0.2, 0.25) is 0 Å². The van der Waals surface area contributed by atoms with Crippen LogP contribution in [0.3, 0.4) is 0 Å². The fourth-order valence-corrected chi connectivity index (χ4v) is 1.54. The van der Waals surface area contributed by atoms with Gasteiger partial charge < -0.3 is 25.1 Å². The zero-order valence-electron chi connectivity index (χ0n) is 10.9. The van der Waals surface area contributed by atoms with E-state index >= 15 is 0 Å².